The normalized spacial score (nSPS) is 9.62. The molecule has 0 fully saturated rings. The van der Waals surface area contributed by atoms with Crippen molar-refractivity contribution in [1.82, 2.24) is 4.98 Å². The highest BCUT2D eigenvalue weighted by Gasteiger charge is 2.08. The zero-order valence-electron chi connectivity index (χ0n) is 7.03. The predicted octanol–water partition coefficient (Wildman–Crippen LogP) is 0.150. The van der Waals surface area contributed by atoms with Gasteiger partial charge in [0.1, 0.15) is 11.4 Å². The van der Waals surface area contributed by atoms with Crippen LogP contribution in [0.3, 0.4) is 0 Å². The van der Waals surface area contributed by atoms with E-state index in [0.717, 1.165) is 0 Å². The monoisotopic (exact) mass is 181 g/mol. The molecule has 0 aliphatic rings. The van der Waals surface area contributed by atoms with Crippen LogP contribution in [0.1, 0.15) is 10.4 Å². The number of aromatic nitrogens is 1. The maximum absolute atomic E-state index is 10.7. The van der Waals surface area contributed by atoms with Crippen LogP contribution in [-0.4, -0.2) is 29.1 Å². The van der Waals surface area contributed by atoms with Crippen molar-refractivity contribution in [3.63, 3.8) is 0 Å². The number of hydrogen-bond donors (Lipinski definition) is 3. The van der Waals surface area contributed by atoms with Crippen LogP contribution in [0.15, 0.2) is 18.3 Å². The van der Waals surface area contributed by atoms with E-state index in [1.165, 1.54) is 12.3 Å². The van der Waals surface area contributed by atoms with Gasteiger partial charge >= 0.3 is 5.97 Å². The van der Waals surface area contributed by atoms with Crippen molar-refractivity contribution < 1.29 is 9.90 Å². The Hall–Kier alpha value is -1.62. The van der Waals surface area contributed by atoms with Crippen molar-refractivity contribution in [2.75, 3.05) is 18.4 Å². The molecule has 1 aromatic rings. The summed E-state index contributed by atoms with van der Waals surface area (Å²) in [5.41, 5.74) is 5.43. The number of carbonyl (C=O) groups is 1. The van der Waals surface area contributed by atoms with Gasteiger partial charge in [-0.05, 0) is 12.1 Å². The Morgan fingerprint density at radius 3 is 3.08 bits per heavy atom. The predicted molar refractivity (Wildman–Crippen MR) is 48.7 cm³/mol. The number of rotatable bonds is 4. The number of nitrogens with one attached hydrogen (secondary N) is 1. The topological polar surface area (TPSA) is 88.2 Å². The van der Waals surface area contributed by atoms with E-state index in [-0.39, 0.29) is 5.56 Å². The molecule has 5 heteroatoms. The molecule has 0 radical (unpaired) electrons. The molecular formula is C8H11N3O2. The lowest BCUT2D eigenvalue weighted by molar-refractivity contribution is 0.0697. The third-order valence-electron chi connectivity index (χ3n) is 1.47. The van der Waals surface area contributed by atoms with Gasteiger partial charge in [-0.25, -0.2) is 9.78 Å². The lowest BCUT2D eigenvalue weighted by Crippen LogP contribution is -2.16. The molecule has 0 amide bonds. The smallest absolute Gasteiger partial charge is 0.339 e. The third-order valence-corrected chi connectivity index (χ3v) is 1.47. The van der Waals surface area contributed by atoms with Crippen molar-refractivity contribution in [3.05, 3.63) is 23.9 Å². The number of hydrogen-bond acceptors (Lipinski definition) is 4. The number of pyridine rings is 1. The molecular weight excluding hydrogens is 170 g/mol. The van der Waals surface area contributed by atoms with Crippen LogP contribution in [0, 0.1) is 0 Å². The second-order valence-electron chi connectivity index (χ2n) is 2.42. The molecule has 1 aromatic heterocycles. The van der Waals surface area contributed by atoms with E-state index < -0.39 is 5.97 Å². The van der Waals surface area contributed by atoms with Gasteiger partial charge in [0.05, 0.1) is 0 Å². The molecule has 0 saturated carbocycles. The fourth-order valence-corrected chi connectivity index (χ4v) is 0.909. The first-order valence-electron chi connectivity index (χ1n) is 3.88. The molecule has 4 N–H and O–H groups in total. The van der Waals surface area contributed by atoms with Gasteiger partial charge in [-0.1, -0.05) is 0 Å². The molecule has 70 valence electrons. The van der Waals surface area contributed by atoms with E-state index in [2.05, 4.69) is 10.3 Å². The molecule has 0 aliphatic carbocycles. The Morgan fingerprint density at radius 1 is 1.69 bits per heavy atom. The summed E-state index contributed by atoms with van der Waals surface area (Å²) < 4.78 is 0. The van der Waals surface area contributed by atoms with Crippen molar-refractivity contribution >= 4 is 11.8 Å². The van der Waals surface area contributed by atoms with Crippen LogP contribution in [0.25, 0.3) is 0 Å². The van der Waals surface area contributed by atoms with Crippen LogP contribution < -0.4 is 11.1 Å². The minimum Gasteiger partial charge on any atom is -0.478 e. The highest BCUT2D eigenvalue weighted by atomic mass is 16.4. The van der Waals surface area contributed by atoms with E-state index in [1.54, 1.807) is 6.07 Å². The zero-order chi connectivity index (χ0) is 9.68. The van der Waals surface area contributed by atoms with Crippen LogP contribution in [0.5, 0.6) is 0 Å². The molecule has 0 bridgehead atoms. The first-order chi connectivity index (χ1) is 6.25. The van der Waals surface area contributed by atoms with E-state index in [9.17, 15) is 4.79 Å². The molecule has 0 spiro atoms. The summed E-state index contributed by atoms with van der Waals surface area (Å²) in [6.45, 7) is 0.951. The van der Waals surface area contributed by atoms with Crippen LogP contribution >= 0.6 is 0 Å². The summed E-state index contributed by atoms with van der Waals surface area (Å²) in [4.78, 5) is 14.6. The summed E-state index contributed by atoms with van der Waals surface area (Å²) in [7, 11) is 0. The Labute approximate surface area is 75.6 Å². The maximum atomic E-state index is 10.7. The molecule has 0 saturated heterocycles. The molecule has 0 atom stereocenters. The fourth-order valence-electron chi connectivity index (χ4n) is 0.909. The van der Waals surface area contributed by atoms with Crippen LogP contribution in [-0.2, 0) is 0 Å². The summed E-state index contributed by atoms with van der Waals surface area (Å²) in [5.74, 6) is -0.631. The number of nitrogens with zero attached hydrogens (tertiary/aromatic N) is 1. The molecule has 1 rings (SSSR count). The number of aromatic carboxylic acids is 1. The third kappa shape index (κ3) is 2.41. The van der Waals surface area contributed by atoms with Gasteiger partial charge in [0.15, 0.2) is 0 Å². The largest absolute Gasteiger partial charge is 0.478 e. The van der Waals surface area contributed by atoms with Gasteiger partial charge in [-0.2, -0.15) is 0 Å². The molecule has 0 unspecified atom stereocenters. The van der Waals surface area contributed by atoms with Crippen molar-refractivity contribution in [2.45, 2.75) is 0 Å². The van der Waals surface area contributed by atoms with Gasteiger partial charge in [0, 0.05) is 19.3 Å². The number of carboxylic acids is 1. The average Bonchev–Trinajstić information content (AvgIpc) is 2.15. The van der Waals surface area contributed by atoms with E-state index in [1.807, 2.05) is 0 Å². The minimum atomic E-state index is -0.993. The van der Waals surface area contributed by atoms with E-state index in [4.69, 9.17) is 10.8 Å². The Bertz CT molecular complexity index is 301. The number of anilines is 1. The zero-order valence-corrected chi connectivity index (χ0v) is 7.03. The van der Waals surface area contributed by atoms with Gasteiger partial charge in [0.2, 0.25) is 0 Å². The van der Waals surface area contributed by atoms with Gasteiger partial charge in [-0.3, -0.25) is 0 Å². The Morgan fingerprint density at radius 2 is 2.46 bits per heavy atom. The first-order valence-corrected chi connectivity index (χ1v) is 3.88. The maximum Gasteiger partial charge on any atom is 0.339 e. The highest BCUT2D eigenvalue weighted by molar-refractivity contribution is 5.92. The summed E-state index contributed by atoms with van der Waals surface area (Å²) in [6.07, 6.45) is 1.53. The first kappa shape index (κ1) is 9.47. The number of nitrogens with two attached hydrogens (primary N) is 1. The average molecular weight is 181 g/mol. The lowest BCUT2D eigenvalue weighted by atomic mass is 10.2. The summed E-state index contributed by atoms with van der Waals surface area (Å²) >= 11 is 0. The van der Waals surface area contributed by atoms with E-state index >= 15 is 0 Å². The van der Waals surface area contributed by atoms with Crippen molar-refractivity contribution in [1.29, 1.82) is 0 Å². The lowest BCUT2D eigenvalue weighted by Gasteiger charge is -2.05. The SMILES string of the molecule is NCCNc1ncccc1C(=O)O. The standard InChI is InChI=1S/C8H11N3O2/c9-3-5-11-7-6(8(12)13)2-1-4-10-7/h1-2,4H,3,5,9H2,(H,10,11)(H,12,13). The minimum absolute atomic E-state index is 0.163. The van der Waals surface area contributed by atoms with Gasteiger partial charge in [-0.15, -0.1) is 0 Å². The van der Waals surface area contributed by atoms with Gasteiger partial charge in [0.25, 0.3) is 0 Å². The molecule has 1 heterocycles. The fraction of sp³-hybridized carbons (Fsp3) is 0.250. The second kappa shape index (κ2) is 4.42. The second-order valence-corrected chi connectivity index (χ2v) is 2.42. The Balaban J connectivity index is 2.84. The number of carboxylic acid groups (broad SMARTS) is 1. The highest BCUT2D eigenvalue weighted by Crippen LogP contribution is 2.09. The van der Waals surface area contributed by atoms with Crippen LogP contribution in [0.4, 0.5) is 5.82 Å². The quantitative estimate of drug-likeness (QED) is 0.615. The van der Waals surface area contributed by atoms with Crippen molar-refractivity contribution in [2.24, 2.45) is 5.73 Å². The molecule has 0 aromatic carbocycles. The molecule has 5 nitrogen and oxygen atoms in total. The summed E-state index contributed by atoms with van der Waals surface area (Å²) in [6, 6.07) is 3.07. The Kier molecular flexibility index (Phi) is 3.22. The van der Waals surface area contributed by atoms with Crippen LogP contribution in [0.2, 0.25) is 0 Å². The molecule has 13 heavy (non-hydrogen) atoms. The van der Waals surface area contributed by atoms with Gasteiger partial charge < -0.3 is 16.2 Å². The summed E-state index contributed by atoms with van der Waals surface area (Å²) in [5, 5.41) is 11.6. The van der Waals surface area contributed by atoms with E-state index in [0.29, 0.717) is 18.9 Å². The molecule has 0 aliphatic heterocycles. The van der Waals surface area contributed by atoms with Crippen molar-refractivity contribution in [3.8, 4) is 0 Å².